The Balaban J connectivity index is 2.28. The Morgan fingerprint density at radius 1 is 0.952 bits per heavy atom. The molecule has 0 aromatic rings. The summed E-state index contributed by atoms with van der Waals surface area (Å²) in [6.45, 7) is 3.90. The zero-order valence-electron chi connectivity index (χ0n) is 13.7. The van der Waals surface area contributed by atoms with E-state index in [-0.39, 0.29) is 0 Å². The molecule has 0 aliphatic heterocycles. The second-order valence-electron chi connectivity index (χ2n) is 6.72. The summed E-state index contributed by atoms with van der Waals surface area (Å²) in [4.78, 5) is 14.0. The van der Waals surface area contributed by atoms with E-state index in [4.69, 9.17) is 0 Å². The fourth-order valence-electron chi connectivity index (χ4n) is 4.22. The number of carboxylic acid groups (broad SMARTS) is 1. The van der Waals surface area contributed by atoms with E-state index < -0.39 is 5.97 Å². The van der Waals surface area contributed by atoms with Crippen LogP contribution in [0.15, 0.2) is 11.3 Å². The van der Waals surface area contributed by atoms with Crippen molar-refractivity contribution in [2.45, 2.75) is 96.6 Å². The molecule has 2 saturated carbocycles. The first-order valence-electron chi connectivity index (χ1n) is 8.86. The molecule has 1 N–H and O–H groups in total. The Kier molecular flexibility index (Phi) is 6.13. The lowest BCUT2D eigenvalue weighted by atomic mass is 9.87. The van der Waals surface area contributed by atoms with Crippen LogP contribution in [0.4, 0.5) is 0 Å². The van der Waals surface area contributed by atoms with Gasteiger partial charge in [0.25, 0.3) is 0 Å². The summed E-state index contributed by atoms with van der Waals surface area (Å²) in [5, 5.41) is 9.44. The highest BCUT2D eigenvalue weighted by molar-refractivity contribution is 5.86. The van der Waals surface area contributed by atoms with Gasteiger partial charge in [-0.25, -0.2) is 4.79 Å². The monoisotopic (exact) mass is 293 g/mol. The van der Waals surface area contributed by atoms with Gasteiger partial charge in [0.1, 0.15) is 0 Å². The van der Waals surface area contributed by atoms with Crippen LogP contribution in [0.2, 0.25) is 0 Å². The Morgan fingerprint density at radius 3 is 1.71 bits per heavy atom. The van der Waals surface area contributed by atoms with Crippen LogP contribution >= 0.6 is 0 Å². The minimum Gasteiger partial charge on any atom is -0.478 e. The molecule has 21 heavy (non-hydrogen) atoms. The van der Waals surface area contributed by atoms with Gasteiger partial charge in [0, 0.05) is 17.8 Å². The molecule has 0 spiro atoms. The van der Waals surface area contributed by atoms with Crippen LogP contribution in [-0.2, 0) is 4.79 Å². The summed E-state index contributed by atoms with van der Waals surface area (Å²) in [7, 11) is 0. The molecule has 3 nitrogen and oxygen atoms in total. The topological polar surface area (TPSA) is 40.5 Å². The summed E-state index contributed by atoms with van der Waals surface area (Å²) in [5.74, 6) is -0.747. The Bertz CT molecular complexity index is 359. The maximum absolute atomic E-state index is 11.5. The number of rotatable bonds is 5. The van der Waals surface area contributed by atoms with Crippen LogP contribution in [0.25, 0.3) is 0 Å². The molecule has 2 aliphatic carbocycles. The number of carbonyl (C=O) groups is 1. The van der Waals surface area contributed by atoms with Gasteiger partial charge in [0.05, 0.1) is 5.57 Å². The van der Waals surface area contributed by atoms with E-state index >= 15 is 0 Å². The fourth-order valence-corrected chi connectivity index (χ4v) is 4.22. The molecule has 3 heteroatoms. The molecule has 0 aromatic heterocycles. The van der Waals surface area contributed by atoms with E-state index in [0.29, 0.717) is 17.7 Å². The molecule has 0 radical (unpaired) electrons. The molecule has 120 valence electrons. The van der Waals surface area contributed by atoms with Crippen molar-refractivity contribution >= 4 is 5.97 Å². The number of hydrogen-bond donors (Lipinski definition) is 1. The normalized spacial score (nSPS) is 22.8. The summed E-state index contributed by atoms with van der Waals surface area (Å²) in [6, 6.07) is 1.15. The second-order valence-corrected chi connectivity index (χ2v) is 6.72. The largest absolute Gasteiger partial charge is 0.478 e. The highest BCUT2D eigenvalue weighted by atomic mass is 16.4. The molecule has 0 unspecified atom stereocenters. The molecule has 0 amide bonds. The van der Waals surface area contributed by atoms with E-state index in [0.717, 1.165) is 12.1 Å². The van der Waals surface area contributed by atoms with Crippen LogP contribution in [0, 0.1) is 0 Å². The first-order chi connectivity index (χ1) is 10.1. The summed E-state index contributed by atoms with van der Waals surface area (Å²) >= 11 is 0. The maximum atomic E-state index is 11.5. The predicted molar refractivity (Wildman–Crippen MR) is 86.2 cm³/mol. The minimum atomic E-state index is -0.747. The molecular formula is C18H31NO2. The van der Waals surface area contributed by atoms with Crippen molar-refractivity contribution in [1.29, 1.82) is 0 Å². The lowest BCUT2D eigenvalue weighted by molar-refractivity contribution is -0.132. The van der Waals surface area contributed by atoms with Gasteiger partial charge >= 0.3 is 5.97 Å². The standard InChI is InChI=1S/C18H31NO2/c1-3-17(14(2)18(20)21)19(15-10-6-4-7-11-15)16-12-8-5-9-13-16/h15-16H,3-13H2,1-2H3,(H,20,21)/b17-14+. The van der Waals surface area contributed by atoms with Gasteiger partial charge < -0.3 is 10.0 Å². The predicted octanol–water partition coefficient (Wildman–Crippen LogP) is 4.72. The number of carboxylic acids is 1. The van der Waals surface area contributed by atoms with Crippen molar-refractivity contribution < 1.29 is 9.90 Å². The van der Waals surface area contributed by atoms with Crippen LogP contribution in [0.3, 0.4) is 0 Å². The lowest BCUT2D eigenvalue weighted by Gasteiger charge is -2.45. The average Bonchev–Trinajstić information content (AvgIpc) is 2.53. The van der Waals surface area contributed by atoms with E-state index in [2.05, 4.69) is 11.8 Å². The number of nitrogens with zero attached hydrogens (tertiary/aromatic N) is 1. The lowest BCUT2D eigenvalue weighted by Crippen LogP contribution is -2.45. The molecule has 2 fully saturated rings. The van der Waals surface area contributed by atoms with E-state index in [1.54, 1.807) is 6.92 Å². The Morgan fingerprint density at radius 2 is 1.38 bits per heavy atom. The van der Waals surface area contributed by atoms with E-state index in [1.165, 1.54) is 64.2 Å². The first-order valence-corrected chi connectivity index (χ1v) is 8.86. The minimum absolute atomic E-state index is 0.564. The zero-order chi connectivity index (χ0) is 15.2. The quantitative estimate of drug-likeness (QED) is 0.745. The van der Waals surface area contributed by atoms with Crippen molar-refractivity contribution in [2.75, 3.05) is 0 Å². The molecule has 2 aliphatic rings. The second kappa shape index (κ2) is 7.86. The number of aliphatic carboxylic acids is 1. The van der Waals surface area contributed by atoms with Crippen molar-refractivity contribution in [2.24, 2.45) is 0 Å². The van der Waals surface area contributed by atoms with Crippen LogP contribution in [0.1, 0.15) is 84.5 Å². The van der Waals surface area contributed by atoms with Crippen LogP contribution < -0.4 is 0 Å². The third-order valence-electron chi connectivity index (χ3n) is 5.34. The van der Waals surface area contributed by atoms with Gasteiger partial charge in [-0.15, -0.1) is 0 Å². The molecule has 0 aromatic carbocycles. The molecular weight excluding hydrogens is 262 g/mol. The first kappa shape index (κ1) is 16.4. The zero-order valence-corrected chi connectivity index (χ0v) is 13.7. The number of allylic oxidation sites excluding steroid dienone is 1. The van der Waals surface area contributed by atoms with Gasteiger partial charge in [-0.2, -0.15) is 0 Å². The van der Waals surface area contributed by atoms with E-state index in [9.17, 15) is 9.90 Å². The van der Waals surface area contributed by atoms with Crippen molar-refractivity contribution in [3.8, 4) is 0 Å². The summed E-state index contributed by atoms with van der Waals surface area (Å²) in [6.07, 6.45) is 13.7. The van der Waals surface area contributed by atoms with Gasteiger partial charge in [0.15, 0.2) is 0 Å². The third-order valence-corrected chi connectivity index (χ3v) is 5.34. The van der Waals surface area contributed by atoms with E-state index in [1.807, 2.05) is 0 Å². The van der Waals surface area contributed by atoms with Gasteiger partial charge in [0.2, 0.25) is 0 Å². The third kappa shape index (κ3) is 4.02. The van der Waals surface area contributed by atoms with Crippen LogP contribution in [0.5, 0.6) is 0 Å². The maximum Gasteiger partial charge on any atom is 0.333 e. The highest BCUT2D eigenvalue weighted by Gasteiger charge is 2.31. The Hall–Kier alpha value is -0.990. The number of hydrogen-bond acceptors (Lipinski definition) is 2. The fraction of sp³-hybridized carbons (Fsp3) is 0.833. The van der Waals surface area contributed by atoms with Crippen molar-refractivity contribution in [3.63, 3.8) is 0 Å². The van der Waals surface area contributed by atoms with Crippen molar-refractivity contribution in [3.05, 3.63) is 11.3 Å². The highest BCUT2D eigenvalue weighted by Crippen LogP contribution is 2.34. The molecule has 2 rings (SSSR count). The van der Waals surface area contributed by atoms with Gasteiger partial charge in [-0.05, 0) is 39.0 Å². The van der Waals surface area contributed by atoms with Gasteiger partial charge in [-0.1, -0.05) is 45.4 Å². The van der Waals surface area contributed by atoms with Crippen LogP contribution in [-0.4, -0.2) is 28.1 Å². The molecule has 0 saturated heterocycles. The summed E-state index contributed by atoms with van der Waals surface area (Å²) in [5.41, 5.74) is 1.66. The van der Waals surface area contributed by atoms with Gasteiger partial charge in [-0.3, -0.25) is 0 Å². The molecule has 0 heterocycles. The Labute approximate surface area is 129 Å². The SMILES string of the molecule is CC/C(=C(/C)C(=O)O)N(C1CCCCC1)C1CCCCC1. The summed E-state index contributed by atoms with van der Waals surface area (Å²) < 4.78 is 0. The smallest absolute Gasteiger partial charge is 0.333 e. The average molecular weight is 293 g/mol. The van der Waals surface area contributed by atoms with Crippen molar-refractivity contribution in [1.82, 2.24) is 4.90 Å². The molecule has 0 bridgehead atoms. The molecule has 0 atom stereocenters.